The van der Waals surface area contributed by atoms with Gasteiger partial charge in [-0.2, -0.15) is 0 Å². The third-order valence-corrected chi connectivity index (χ3v) is 5.33. The predicted molar refractivity (Wildman–Crippen MR) is 101 cm³/mol. The van der Waals surface area contributed by atoms with Crippen LogP contribution in [0.1, 0.15) is 60.0 Å². The molecule has 150 valence electrons. The minimum Gasteiger partial charge on any atom is -0.465 e. The number of nitrogens with one attached hydrogen (secondary N) is 2. The van der Waals surface area contributed by atoms with Crippen LogP contribution in [0.25, 0.3) is 0 Å². The summed E-state index contributed by atoms with van der Waals surface area (Å²) in [6.45, 7) is 0.866. The van der Waals surface area contributed by atoms with Crippen LogP contribution >= 0.6 is 0 Å². The van der Waals surface area contributed by atoms with Crippen molar-refractivity contribution in [2.75, 3.05) is 6.54 Å². The van der Waals surface area contributed by atoms with Gasteiger partial charge in [0.15, 0.2) is 0 Å². The van der Waals surface area contributed by atoms with Gasteiger partial charge in [-0.15, -0.1) is 0 Å². The first-order chi connectivity index (χ1) is 13.5. The normalized spacial score (nSPS) is 18.8. The molecule has 4 amide bonds. The van der Waals surface area contributed by atoms with E-state index in [0.717, 1.165) is 43.2 Å². The molecule has 3 rings (SSSR count). The quantitative estimate of drug-likeness (QED) is 0.465. The Balaban J connectivity index is 1.56. The minimum atomic E-state index is -0.995. The lowest BCUT2D eigenvalue weighted by atomic mass is 9.98. The number of carboxylic acid groups (broad SMARTS) is 1. The van der Waals surface area contributed by atoms with E-state index in [0.29, 0.717) is 25.1 Å². The highest BCUT2D eigenvalue weighted by Crippen LogP contribution is 2.30. The molecule has 28 heavy (non-hydrogen) atoms. The summed E-state index contributed by atoms with van der Waals surface area (Å²) in [7, 11) is 0. The number of carbonyl (C=O) groups is 4. The Morgan fingerprint density at radius 1 is 1.18 bits per heavy atom. The summed E-state index contributed by atoms with van der Waals surface area (Å²) in [5.41, 5.74) is 2.74. The second kappa shape index (κ2) is 8.86. The van der Waals surface area contributed by atoms with Crippen LogP contribution < -0.4 is 10.6 Å². The Hall–Kier alpha value is -2.90. The third kappa shape index (κ3) is 4.49. The molecule has 1 aromatic rings. The van der Waals surface area contributed by atoms with Gasteiger partial charge in [0.1, 0.15) is 6.04 Å². The molecule has 0 aliphatic carbocycles. The van der Waals surface area contributed by atoms with E-state index in [1.807, 2.05) is 12.1 Å². The average molecular weight is 387 g/mol. The molecule has 8 heteroatoms. The van der Waals surface area contributed by atoms with Crippen LogP contribution in [0.5, 0.6) is 0 Å². The van der Waals surface area contributed by atoms with Crippen molar-refractivity contribution in [3.8, 4) is 0 Å². The van der Waals surface area contributed by atoms with E-state index in [-0.39, 0.29) is 18.2 Å². The van der Waals surface area contributed by atoms with Crippen molar-refractivity contribution in [3.05, 3.63) is 34.9 Å². The van der Waals surface area contributed by atoms with Gasteiger partial charge in [0.05, 0.1) is 0 Å². The van der Waals surface area contributed by atoms with Gasteiger partial charge in [-0.1, -0.05) is 25.0 Å². The largest absolute Gasteiger partial charge is 0.465 e. The Kier molecular flexibility index (Phi) is 6.28. The molecule has 1 fully saturated rings. The lowest BCUT2D eigenvalue weighted by molar-refractivity contribution is -0.136. The summed E-state index contributed by atoms with van der Waals surface area (Å²) in [6.07, 6.45) is 4.14. The third-order valence-electron chi connectivity index (χ3n) is 5.33. The molecule has 0 spiro atoms. The molecule has 0 bridgehead atoms. The number of benzene rings is 1. The maximum atomic E-state index is 12.8. The highest BCUT2D eigenvalue weighted by atomic mass is 16.4. The number of unbranched alkanes of at least 4 members (excludes halogenated alkanes) is 3. The zero-order valence-electron chi connectivity index (χ0n) is 15.7. The van der Waals surface area contributed by atoms with Crippen molar-refractivity contribution in [1.29, 1.82) is 0 Å². The first-order valence-corrected chi connectivity index (χ1v) is 9.69. The fraction of sp³-hybridized carbons (Fsp3) is 0.500. The first kappa shape index (κ1) is 19.9. The summed E-state index contributed by atoms with van der Waals surface area (Å²) in [6, 6.07) is 5.10. The molecule has 1 atom stereocenters. The van der Waals surface area contributed by atoms with E-state index in [1.165, 1.54) is 0 Å². The molecule has 0 aromatic heterocycles. The van der Waals surface area contributed by atoms with Gasteiger partial charge in [-0.3, -0.25) is 19.7 Å². The second-order valence-corrected chi connectivity index (χ2v) is 7.24. The molecule has 1 unspecified atom stereocenters. The van der Waals surface area contributed by atoms with E-state index < -0.39 is 18.0 Å². The zero-order chi connectivity index (χ0) is 20.1. The molecular weight excluding hydrogens is 362 g/mol. The number of piperidine rings is 1. The maximum absolute atomic E-state index is 12.8. The van der Waals surface area contributed by atoms with E-state index in [9.17, 15) is 19.2 Å². The topological polar surface area (TPSA) is 116 Å². The number of fused-ring (bicyclic) bond motifs is 1. The molecular formula is C20H25N3O5. The molecule has 2 aliphatic rings. The molecule has 0 radical (unpaired) electrons. The van der Waals surface area contributed by atoms with Crippen molar-refractivity contribution in [1.82, 2.24) is 15.5 Å². The van der Waals surface area contributed by atoms with Gasteiger partial charge in [-0.25, -0.2) is 4.79 Å². The van der Waals surface area contributed by atoms with Crippen molar-refractivity contribution in [2.24, 2.45) is 0 Å². The lowest BCUT2D eigenvalue weighted by Gasteiger charge is -2.29. The highest BCUT2D eigenvalue weighted by molar-refractivity contribution is 6.05. The molecule has 2 aliphatic heterocycles. The summed E-state index contributed by atoms with van der Waals surface area (Å²) in [5.74, 6) is -0.829. The summed E-state index contributed by atoms with van der Waals surface area (Å²) in [4.78, 5) is 48.3. The summed E-state index contributed by atoms with van der Waals surface area (Å²) >= 11 is 0. The van der Waals surface area contributed by atoms with Crippen LogP contribution in [0.15, 0.2) is 18.2 Å². The fourth-order valence-corrected chi connectivity index (χ4v) is 3.87. The Morgan fingerprint density at radius 2 is 1.96 bits per heavy atom. The fourth-order valence-electron chi connectivity index (χ4n) is 3.87. The van der Waals surface area contributed by atoms with Gasteiger partial charge < -0.3 is 15.3 Å². The number of amides is 4. The van der Waals surface area contributed by atoms with Crippen molar-refractivity contribution in [3.63, 3.8) is 0 Å². The molecule has 3 N–H and O–H groups in total. The van der Waals surface area contributed by atoms with Crippen LogP contribution in [-0.2, 0) is 22.6 Å². The second-order valence-electron chi connectivity index (χ2n) is 7.24. The van der Waals surface area contributed by atoms with Gasteiger partial charge in [0, 0.05) is 25.1 Å². The van der Waals surface area contributed by atoms with Crippen LogP contribution in [0.2, 0.25) is 0 Å². The standard InChI is InChI=1S/C20H25N3O5/c24-17-10-9-16(18(25)22-17)23-12-15-13(7-5-8-14(15)19(23)26)6-3-1-2-4-11-21-20(27)28/h5,7-8,16,21H,1-4,6,9-12H2,(H,27,28)(H,22,24,25). The number of imide groups is 1. The van der Waals surface area contributed by atoms with Gasteiger partial charge in [0.2, 0.25) is 11.8 Å². The van der Waals surface area contributed by atoms with Crippen LogP contribution in [-0.4, -0.2) is 46.4 Å². The minimum absolute atomic E-state index is 0.147. The Morgan fingerprint density at radius 3 is 2.71 bits per heavy atom. The van der Waals surface area contributed by atoms with Crippen molar-refractivity contribution >= 4 is 23.8 Å². The van der Waals surface area contributed by atoms with Gasteiger partial charge in [-0.05, 0) is 42.9 Å². The molecule has 0 saturated carbocycles. The van der Waals surface area contributed by atoms with E-state index in [1.54, 1.807) is 11.0 Å². The highest BCUT2D eigenvalue weighted by Gasteiger charge is 2.39. The Bertz CT molecular complexity index is 792. The summed E-state index contributed by atoms with van der Waals surface area (Å²) < 4.78 is 0. The molecule has 1 aromatic carbocycles. The number of rotatable bonds is 8. The SMILES string of the molecule is O=C(O)NCCCCCCc1cccc2c1CN(C1CCC(=O)NC1=O)C2=O. The predicted octanol–water partition coefficient (Wildman–Crippen LogP) is 1.82. The molecule has 2 heterocycles. The van der Waals surface area contributed by atoms with E-state index in [4.69, 9.17) is 5.11 Å². The molecule has 1 saturated heterocycles. The number of carbonyl (C=O) groups excluding carboxylic acids is 3. The average Bonchev–Trinajstić information content (AvgIpc) is 2.98. The van der Waals surface area contributed by atoms with Crippen LogP contribution in [0, 0.1) is 0 Å². The monoisotopic (exact) mass is 387 g/mol. The molecule has 8 nitrogen and oxygen atoms in total. The maximum Gasteiger partial charge on any atom is 0.404 e. The zero-order valence-corrected chi connectivity index (χ0v) is 15.7. The smallest absolute Gasteiger partial charge is 0.404 e. The van der Waals surface area contributed by atoms with E-state index >= 15 is 0 Å². The number of aryl methyl sites for hydroxylation is 1. The van der Waals surface area contributed by atoms with Crippen molar-refractivity contribution < 1.29 is 24.3 Å². The Labute approximate surface area is 163 Å². The van der Waals surface area contributed by atoms with Gasteiger partial charge >= 0.3 is 6.09 Å². The lowest BCUT2D eigenvalue weighted by Crippen LogP contribution is -2.52. The van der Waals surface area contributed by atoms with Crippen LogP contribution in [0.4, 0.5) is 4.79 Å². The summed E-state index contributed by atoms with van der Waals surface area (Å²) in [5, 5.41) is 13.2. The number of hydrogen-bond acceptors (Lipinski definition) is 4. The first-order valence-electron chi connectivity index (χ1n) is 9.69. The van der Waals surface area contributed by atoms with Gasteiger partial charge in [0.25, 0.3) is 5.91 Å². The van der Waals surface area contributed by atoms with E-state index in [2.05, 4.69) is 10.6 Å². The van der Waals surface area contributed by atoms with Crippen molar-refractivity contribution in [2.45, 2.75) is 57.5 Å². The number of hydrogen-bond donors (Lipinski definition) is 3. The van der Waals surface area contributed by atoms with Crippen LogP contribution in [0.3, 0.4) is 0 Å². The number of nitrogens with zero attached hydrogens (tertiary/aromatic N) is 1.